The lowest BCUT2D eigenvalue weighted by Crippen LogP contribution is -2.41. The van der Waals surface area contributed by atoms with Crippen LogP contribution in [0.5, 0.6) is 5.75 Å². The summed E-state index contributed by atoms with van der Waals surface area (Å²) in [6.45, 7) is 3.19. The van der Waals surface area contributed by atoms with E-state index in [0.717, 1.165) is 29.3 Å². The maximum absolute atomic E-state index is 12.5. The van der Waals surface area contributed by atoms with Crippen LogP contribution < -0.4 is 10.1 Å². The number of ether oxygens (including phenoxy) is 1. The molecule has 1 N–H and O–H groups in total. The molecule has 2 aromatic rings. The summed E-state index contributed by atoms with van der Waals surface area (Å²) < 4.78 is 5.39. The van der Waals surface area contributed by atoms with E-state index >= 15 is 0 Å². The molecule has 1 aromatic carbocycles. The van der Waals surface area contributed by atoms with E-state index in [9.17, 15) is 4.79 Å². The molecule has 0 unspecified atom stereocenters. The van der Waals surface area contributed by atoms with E-state index in [0.29, 0.717) is 10.4 Å². The third kappa shape index (κ3) is 3.23. The zero-order chi connectivity index (χ0) is 18.0. The highest BCUT2D eigenvalue weighted by molar-refractivity contribution is 7.16. The van der Waals surface area contributed by atoms with E-state index in [1.807, 2.05) is 24.3 Å². The predicted octanol–water partition coefficient (Wildman–Crippen LogP) is 3.57. The number of carbonyl (C=O) groups is 1. The number of nitrogens with zero attached hydrogens (tertiary/aromatic N) is 2. The van der Waals surface area contributed by atoms with Gasteiger partial charge in [0.2, 0.25) is 0 Å². The number of nitrogens with one attached hydrogen (secondary N) is 1. The molecule has 1 amide bonds. The number of amides is 1. The summed E-state index contributed by atoms with van der Waals surface area (Å²) in [5.74, 6) is 0.748. The Labute approximate surface area is 158 Å². The number of fused-ring (bicyclic) bond motifs is 1. The van der Waals surface area contributed by atoms with E-state index in [2.05, 4.69) is 15.2 Å². The van der Waals surface area contributed by atoms with Crippen LogP contribution in [0.2, 0.25) is 0 Å². The first-order chi connectivity index (χ1) is 12.7. The first-order valence-corrected chi connectivity index (χ1v) is 10.2. The second-order valence-electron chi connectivity index (χ2n) is 7.15. The molecule has 6 heteroatoms. The van der Waals surface area contributed by atoms with Crippen LogP contribution in [0.1, 0.15) is 41.8 Å². The Morgan fingerprint density at radius 2 is 2.08 bits per heavy atom. The van der Waals surface area contributed by atoms with Gasteiger partial charge in [-0.1, -0.05) is 12.1 Å². The zero-order valence-electron chi connectivity index (χ0n) is 15.2. The third-order valence-electron chi connectivity index (χ3n) is 5.75. The van der Waals surface area contributed by atoms with Gasteiger partial charge in [-0.25, -0.2) is 4.98 Å². The Morgan fingerprint density at radius 3 is 2.85 bits per heavy atom. The number of para-hydroxylation sites is 1. The first kappa shape index (κ1) is 17.5. The quantitative estimate of drug-likeness (QED) is 0.843. The molecule has 2 saturated heterocycles. The van der Waals surface area contributed by atoms with Crippen molar-refractivity contribution in [2.75, 3.05) is 26.7 Å². The molecular weight excluding hydrogens is 346 g/mol. The number of aromatic nitrogens is 1. The van der Waals surface area contributed by atoms with E-state index in [4.69, 9.17) is 4.74 Å². The molecule has 26 heavy (non-hydrogen) atoms. The van der Waals surface area contributed by atoms with E-state index in [1.165, 1.54) is 50.1 Å². The lowest BCUT2D eigenvalue weighted by molar-refractivity contribution is 0.0946. The first-order valence-electron chi connectivity index (χ1n) is 9.34. The maximum atomic E-state index is 12.5. The molecule has 0 saturated carbocycles. The molecule has 4 rings (SSSR count). The van der Waals surface area contributed by atoms with Gasteiger partial charge < -0.3 is 10.1 Å². The molecule has 2 aliphatic heterocycles. The second-order valence-corrected chi connectivity index (χ2v) is 8.18. The number of benzene rings is 1. The fourth-order valence-electron chi connectivity index (χ4n) is 4.45. The van der Waals surface area contributed by atoms with Crippen molar-refractivity contribution in [2.24, 2.45) is 0 Å². The van der Waals surface area contributed by atoms with Crippen LogP contribution >= 0.6 is 11.3 Å². The lowest BCUT2D eigenvalue weighted by Gasteiger charge is -2.32. The lowest BCUT2D eigenvalue weighted by atomic mass is 9.90. The fourth-order valence-corrected chi connectivity index (χ4v) is 5.32. The summed E-state index contributed by atoms with van der Waals surface area (Å²) in [7, 11) is 1.65. The normalized spacial score (nSPS) is 18.7. The SMILES string of the molecule is COc1ccccc1-c1ncc(C(=O)NCCC23CCCN2CCC3)s1. The van der Waals surface area contributed by atoms with Crippen molar-refractivity contribution in [3.63, 3.8) is 0 Å². The zero-order valence-corrected chi connectivity index (χ0v) is 16.0. The van der Waals surface area contributed by atoms with Crippen LogP contribution in [0.25, 0.3) is 10.6 Å². The number of methoxy groups -OCH3 is 1. The van der Waals surface area contributed by atoms with Gasteiger partial charge in [-0.15, -0.1) is 11.3 Å². The molecule has 1 aromatic heterocycles. The van der Waals surface area contributed by atoms with E-state index in [-0.39, 0.29) is 5.91 Å². The minimum absolute atomic E-state index is 0.0254. The molecule has 0 bridgehead atoms. The number of carbonyl (C=O) groups excluding carboxylic acids is 1. The molecule has 0 aliphatic carbocycles. The summed E-state index contributed by atoms with van der Waals surface area (Å²) in [4.78, 5) is 20.2. The Kier molecular flexibility index (Phi) is 4.96. The number of hydrogen-bond acceptors (Lipinski definition) is 5. The average Bonchev–Trinajstić information content (AvgIpc) is 3.37. The molecule has 138 valence electrons. The number of rotatable bonds is 6. The number of hydrogen-bond donors (Lipinski definition) is 1. The highest BCUT2D eigenvalue weighted by Gasteiger charge is 2.43. The van der Waals surface area contributed by atoms with E-state index < -0.39 is 0 Å². The minimum atomic E-state index is -0.0254. The Bertz CT molecular complexity index is 779. The summed E-state index contributed by atoms with van der Waals surface area (Å²) in [5, 5.41) is 3.91. The summed E-state index contributed by atoms with van der Waals surface area (Å²) in [5.41, 5.74) is 1.27. The molecule has 3 heterocycles. The molecule has 0 radical (unpaired) electrons. The second kappa shape index (κ2) is 7.37. The van der Waals surface area contributed by atoms with Gasteiger partial charge >= 0.3 is 0 Å². The smallest absolute Gasteiger partial charge is 0.263 e. The monoisotopic (exact) mass is 371 g/mol. The van der Waals surface area contributed by atoms with Crippen LogP contribution in [-0.2, 0) is 0 Å². The van der Waals surface area contributed by atoms with Crippen LogP contribution in [0, 0.1) is 0 Å². The van der Waals surface area contributed by atoms with Crippen molar-refractivity contribution in [1.29, 1.82) is 0 Å². The van der Waals surface area contributed by atoms with Gasteiger partial charge in [0, 0.05) is 12.1 Å². The van der Waals surface area contributed by atoms with Crippen molar-refractivity contribution >= 4 is 17.2 Å². The molecule has 2 fully saturated rings. The molecule has 0 spiro atoms. The largest absolute Gasteiger partial charge is 0.496 e. The van der Waals surface area contributed by atoms with Crippen LogP contribution in [0.15, 0.2) is 30.5 Å². The van der Waals surface area contributed by atoms with Gasteiger partial charge in [0.1, 0.15) is 15.6 Å². The summed E-state index contributed by atoms with van der Waals surface area (Å²) in [6, 6.07) is 7.75. The summed E-state index contributed by atoms with van der Waals surface area (Å²) >= 11 is 1.41. The topological polar surface area (TPSA) is 54.5 Å². The summed E-state index contributed by atoms with van der Waals surface area (Å²) in [6.07, 6.45) is 7.87. The van der Waals surface area contributed by atoms with Crippen molar-refractivity contribution in [3.05, 3.63) is 35.3 Å². The van der Waals surface area contributed by atoms with Crippen LogP contribution in [0.4, 0.5) is 0 Å². The predicted molar refractivity (Wildman–Crippen MR) is 104 cm³/mol. The van der Waals surface area contributed by atoms with Crippen molar-refractivity contribution in [3.8, 4) is 16.3 Å². The number of thiazole rings is 1. The van der Waals surface area contributed by atoms with Gasteiger partial charge in [-0.05, 0) is 57.3 Å². The molecule has 0 atom stereocenters. The highest BCUT2D eigenvalue weighted by atomic mass is 32.1. The maximum Gasteiger partial charge on any atom is 0.263 e. The van der Waals surface area contributed by atoms with Crippen molar-refractivity contribution in [2.45, 2.75) is 37.6 Å². The Hall–Kier alpha value is -1.92. The van der Waals surface area contributed by atoms with Gasteiger partial charge in [0.05, 0.1) is 18.9 Å². The Morgan fingerprint density at radius 1 is 1.31 bits per heavy atom. The van der Waals surface area contributed by atoms with Crippen LogP contribution in [-0.4, -0.2) is 48.1 Å². The van der Waals surface area contributed by atoms with Crippen molar-refractivity contribution < 1.29 is 9.53 Å². The highest BCUT2D eigenvalue weighted by Crippen LogP contribution is 2.41. The van der Waals surface area contributed by atoms with Gasteiger partial charge in [0.15, 0.2) is 0 Å². The Balaban J connectivity index is 1.38. The van der Waals surface area contributed by atoms with Gasteiger partial charge in [-0.2, -0.15) is 0 Å². The third-order valence-corrected chi connectivity index (χ3v) is 6.78. The molecule has 2 aliphatic rings. The van der Waals surface area contributed by atoms with Gasteiger partial charge in [0.25, 0.3) is 5.91 Å². The standard InChI is InChI=1S/C20H25N3O2S/c1-25-16-7-3-2-6-15(16)19-22-14-17(26-19)18(24)21-11-10-20-8-4-12-23(20)13-5-9-20/h2-3,6-7,14H,4-5,8-13H2,1H3,(H,21,24). The van der Waals surface area contributed by atoms with Crippen LogP contribution in [0.3, 0.4) is 0 Å². The van der Waals surface area contributed by atoms with Gasteiger partial charge in [-0.3, -0.25) is 9.69 Å². The molecule has 5 nitrogen and oxygen atoms in total. The van der Waals surface area contributed by atoms with E-state index in [1.54, 1.807) is 13.3 Å². The fraction of sp³-hybridized carbons (Fsp3) is 0.500. The minimum Gasteiger partial charge on any atom is -0.496 e. The van der Waals surface area contributed by atoms with Crippen molar-refractivity contribution in [1.82, 2.24) is 15.2 Å². The molecular formula is C20H25N3O2S. The average molecular weight is 372 g/mol.